The molecule has 0 spiro atoms. The fourth-order valence-corrected chi connectivity index (χ4v) is 1.47. The number of carbonyl (C=O) groups excluding carboxylic acids is 3. The molecule has 0 bridgehead atoms. The second-order valence-electron chi connectivity index (χ2n) is 4.75. The second-order valence-corrected chi connectivity index (χ2v) is 4.75. The van der Waals surface area contributed by atoms with Crippen LogP contribution in [0.4, 0.5) is 11.4 Å². The third-order valence-electron chi connectivity index (χ3n) is 2.57. The summed E-state index contributed by atoms with van der Waals surface area (Å²) in [4.78, 5) is 34.2. The van der Waals surface area contributed by atoms with Crippen LogP contribution in [0.2, 0.25) is 0 Å². The molecule has 0 fully saturated rings. The molecule has 1 aromatic rings. The van der Waals surface area contributed by atoms with Crippen molar-refractivity contribution in [1.82, 2.24) is 0 Å². The SMILES string of the molecule is CCOC(=O)CC(=O)Nc1ccc(NC(=O)C(C)C)cc1. The standard InChI is InChI=1S/C15H20N2O4/c1-4-21-14(19)9-13(18)16-11-5-7-12(8-6-11)17-15(20)10(2)3/h5-8,10H,4,9H2,1-3H3,(H,16,18)(H,17,20). The van der Waals surface area contributed by atoms with E-state index in [0.29, 0.717) is 11.4 Å². The van der Waals surface area contributed by atoms with E-state index < -0.39 is 11.9 Å². The third-order valence-corrected chi connectivity index (χ3v) is 2.57. The van der Waals surface area contributed by atoms with Crippen molar-refractivity contribution in [2.45, 2.75) is 27.2 Å². The van der Waals surface area contributed by atoms with Gasteiger partial charge in [0.05, 0.1) is 6.61 Å². The van der Waals surface area contributed by atoms with E-state index in [1.165, 1.54) is 0 Å². The van der Waals surface area contributed by atoms with E-state index >= 15 is 0 Å². The number of hydrogen-bond donors (Lipinski definition) is 2. The minimum absolute atomic E-state index is 0.0749. The Morgan fingerprint density at radius 3 is 2.05 bits per heavy atom. The topological polar surface area (TPSA) is 84.5 Å². The minimum Gasteiger partial charge on any atom is -0.466 e. The quantitative estimate of drug-likeness (QED) is 0.621. The largest absolute Gasteiger partial charge is 0.466 e. The lowest BCUT2D eigenvalue weighted by molar-refractivity contribution is -0.145. The molecule has 1 rings (SSSR count). The molecule has 0 radical (unpaired) electrons. The highest BCUT2D eigenvalue weighted by molar-refractivity contribution is 6.02. The van der Waals surface area contributed by atoms with Crippen LogP contribution in [0.25, 0.3) is 0 Å². The molecular weight excluding hydrogens is 272 g/mol. The Morgan fingerprint density at radius 1 is 1.05 bits per heavy atom. The predicted octanol–water partition coefficient (Wildman–Crippen LogP) is 2.17. The number of amides is 2. The average molecular weight is 292 g/mol. The van der Waals surface area contributed by atoms with Crippen LogP contribution in [0.15, 0.2) is 24.3 Å². The zero-order valence-electron chi connectivity index (χ0n) is 12.4. The number of ether oxygens (including phenoxy) is 1. The molecule has 0 saturated heterocycles. The maximum atomic E-state index is 11.6. The molecule has 21 heavy (non-hydrogen) atoms. The fraction of sp³-hybridized carbons (Fsp3) is 0.400. The number of hydrogen-bond acceptors (Lipinski definition) is 4. The van der Waals surface area contributed by atoms with Gasteiger partial charge in [-0.3, -0.25) is 14.4 Å². The summed E-state index contributed by atoms with van der Waals surface area (Å²) in [6.07, 6.45) is -0.320. The molecule has 0 aliphatic carbocycles. The van der Waals surface area contributed by atoms with E-state index in [9.17, 15) is 14.4 Å². The molecule has 0 atom stereocenters. The van der Waals surface area contributed by atoms with Crippen molar-refractivity contribution in [3.63, 3.8) is 0 Å². The van der Waals surface area contributed by atoms with Crippen LogP contribution in [0.5, 0.6) is 0 Å². The van der Waals surface area contributed by atoms with Gasteiger partial charge in [-0.1, -0.05) is 13.8 Å². The molecule has 0 saturated carbocycles. The summed E-state index contributed by atoms with van der Waals surface area (Å²) in [5.41, 5.74) is 1.20. The molecule has 2 amide bonds. The zero-order chi connectivity index (χ0) is 15.8. The van der Waals surface area contributed by atoms with E-state index in [1.807, 2.05) is 0 Å². The van der Waals surface area contributed by atoms with Crippen LogP contribution in [0, 0.1) is 5.92 Å². The van der Waals surface area contributed by atoms with Crippen LogP contribution in [-0.4, -0.2) is 24.4 Å². The summed E-state index contributed by atoms with van der Waals surface area (Å²) in [7, 11) is 0. The summed E-state index contributed by atoms with van der Waals surface area (Å²) in [6.45, 7) is 5.54. The van der Waals surface area contributed by atoms with Crippen molar-refractivity contribution < 1.29 is 19.1 Å². The summed E-state index contributed by atoms with van der Waals surface area (Å²) in [5, 5.41) is 5.33. The van der Waals surface area contributed by atoms with Gasteiger partial charge >= 0.3 is 5.97 Å². The van der Waals surface area contributed by atoms with Gasteiger partial charge in [-0.05, 0) is 31.2 Å². The zero-order valence-corrected chi connectivity index (χ0v) is 12.4. The third kappa shape index (κ3) is 6.07. The summed E-state index contributed by atoms with van der Waals surface area (Å²) in [5.74, 6) is -1.17. The first-order chi connectivity index (χ1) is 9.92. The Hall–Kier alpha value is -2.37. The maximum Gasteiger partial charge on any atom is 0.315 e. The van der Waals surface area contributed by atoms with E-state index in [1.54, 1.807) is 45.0 Å². The Bertz CT molecular complexity index is 509. The van der Waals surface area contributed by atoms with Crippen molar-refractivity contribution >= 4 is 29.2 Å². The van der Waals surface area contributed by atoms with Gasteiger partial charge in [0.2, 0.25) is 11.8 Å². The number of nitrogens with one attached hydrogen (secondary N) is 2. The Morgan fingerprint density at radius 2 is 1.57 bits per heavy atom. The molecule has 1 aromatic carbocycles. The van der Waals surface area contributed by atoms with Gasteiger partial charge in [0.1, 0.15) is 6.42 Å². The van der Waals surface area contributed by atoms with Gasteiger partial charge in [0.25, 0.3) is 0 Å². The van der Waals surface area contributed by atoms with Crippen molar-refractivity contribution in [2.24, 2.45) is 5.92 Å². The maximum absolute atomic E-state index is 11.6. The lowest BCUT2D eigenvalue weighted by Gasteiger charge is -2.09. The molecule has 0 heterocycles. The average Bonchev–Trinajstić information content (AvgIpc) is 2.40. The van der Waals surface area contributed by atoms with E-state index in [-0.39, 0.29) is 24.9 Å². The number of rotatable bonds is 6. The van der Waals surface area contributed by atoms with Crippen molar-refractivity contribution in [3.8, 4) is 0 Å². The monoisotopic (exact) mass is 292 g/mol. The van der Waals surface area contributed by atoms with Crippen molar-refractivity contribution in [3.05, 3.63) is 24.3 Å². The first-order valence-corrected chi connectivity index (χ1v) is 6.78. The molecule has 6 nitrogen and oxygen atoms in total. The lowest BCUT2D eigenvalue weighted by atomic mass is 10.2. The van der Waals surface area contributed by atoms with Crippen LogP contribution >= 0.6 is 0 Å². The fourth-order valence-electron chi connectivity index (χ4n) is 1.47. The van der Waals surface area contributed by atoms with Gasteiger partial charge in [0, 0.05) is 17.3 Å². The molecule has 6 heteroatoms. The van der Waals surface area contributed by atoms with Crippen LogP contribution < -0.4 is 10.6 Å². The van der Waals surface area contributed by atoms with Crippen LogP contribution in [0.1, 0.15) is 27.2 Å². The smallest absolute Gasteiger partial charge is 0.315 e. The highest BCUT2D eigenvalue weighted by atomic mass is 16.5. The molecule has 0 unspecified atom stereocenters. The Balaban J connectivity index is 2.52. The number of benzene rings is 1. The molecule has 0 aliphatic rings. The van der Waals surface area contributed by atoms with E-state index in [0.717, 1.165) is 0 Å². The molecular formula is C15H20N2O4. The number of esters is 1. The van der Waals surface area contributed by atoms with Gasteiger partial charge in [-0.2, -0.15) is 0 Å². The van der Waals surface area contributed by atoms with Crippen molar-refractivity contribution in [1.29, 1.82) is 0 Å². The molecule has 114 valence electrons. The highest BCUT2D eigenvalue weighted by Crippen LogP contribution is 2.14. The predicted molar refractivity (Wildman–Crippen MR) is 79.8 cm³/mol. The second kappa shape index (κ2) is 8.04. The minimum atomic E-state index is -0.559. The lowest BCUT2D eigenvalue weighted by Crippen LogP contribution is -2.19. The van der Waals surface area contributed by atoms with Crippen LogP contribution in [0.3, 0.4) is 0 Å². The van der Waals surface area contributed by atoms with Gasteiger partial charge < -0.3 is 15.4 Å². The summed E-state index contributed by atoms with van der Waals surface area (Å²) < 4.78 is 4.69. The highest BCUT2D eigenvalue weighted by Gasteiger charge is 2.11. The molecule has 0 aromatic heterocycles. The number of anilines is 2. The van der Waals surface area contributed by atoms with Crippen molar-refractivity contribution in [2.75, 3.05) is 17.2 Å². The van der Waals surface area contributed by atoms with E-state index in [2.05, 4.69) is 15.4 Å². The molecule has 2 N–H and O–H groups in total. The molecule has 0 aliphatic heterocycles. The van der Waals surface area contributed by atoms with Gasteiger partial charge in [-0.25, -0.2) is 0 Å². The normalized spacial score (nSPS) is 10.1. The number of carbonyl (C=O) groups is 3. The Labute approximate surface area is 123 Å². The van der Waals surface area contributed by atoms with E-state index in [4.69, 9.17) is 0 Å². The first-order valence-electron chi connectivity index (χ1n) is 6.78. The first kappa shape index (κ1) is 16.7. The van der Waals surface area contributed by atoms with Gasteiger partial charge in [-0.15, -0.1) is 0 Å². The Kier molecular flexibility index (Phi) is 6.39. The summed E-state index contributed by atoms with van der Waals surface area (Å²) in [6, 6.07) is 6.67. The van der Waals surface area contributed by atoms with Gasteiger partial charge in [0.15, 0.2) is 0 Å². The van der Waals surface area contributed by atoms with Crippen LogP contribution in [-0.2, 0) is 19.1 Å². The summed E-state index contributed by atoms with van der Waals surface area (Å²) >= 11 is 0.